The van der Waals surface area contributed by atoms with Crippen LogP contribution < -0.4 is 0 Å². The highest BCUT2D eigenvalue weighted by atomic mass is 16.7. The number of carbonyl (C=O) groups is 4. The lowest BCUT2D eigenvalue weighted by Gasteiger charge is -2.05. The van der Waals surface area contributed by atoms with Crippen LogP contribution >= 0.6 is 0 Å². The average Bonchev–Trinajstić information content (AvgIpc) is 2.15. The van der Waals surface area contributed by atoms with Crippen LogP contribution in [0.2, 0.25) is 0 Å². The van der Waals surface area contributed by atoms with E-state index in [9.17, 15) is 19.2 Å². The van der Waals surface area contributed by atoms with Gasteiger partial charge >= 0.3 is 23.9 Å². The standard InChI is InChI=1S/C9H12O8/c1-6(10)14-4-16-8(12)3-9(13)17-5-15-7(2)11/h3-5H2,1-2H3. The van der Waals surface area contributed by atoms with E-state index in [1.54, 1.807) is 0 Å². The Morgan fingerprint density at radius 2 is 1.06 bits per heavy atom. The average molecular weight is 248 g/mol. The van der Waals surface area contributed by atoms with Crippen molar-refractivity contribution in [1.82, 2.24) is 0 Å². The second-order valence-corrected chi connectivity index (χ2v) is 2.72. The lowest BCUT2D eigenvalue weighted by molar-refractivity contribution is -0.172. The Kier molecular flexibility index (Phi) is 7.07. The second kappa shape index (κ2) is 8.08. The molecule has 8 nitrogen and oxygen atoms in total. The molecule has 0 radical (unpaired) electrons. The predicted molar refractivity (Wildman–Crippen MR) is 50.1 cm³/mol. The van der Waals surface area contributed by atoms with E-state index in [1.807, 2.05) is 0 Å². The normalized spacial score (nSPS) is 9.06. The van der Waals surface area contributed by atoms with Crippen molar-refractivity contribution in [1.29, 1.82) is 0 Å². The summed E-state index contributed by atoms with van der Waals surface area (Å²) >= 11 is 0. The number of hydrogen-bond donors (Lipinski definition) is 0. The van der Waals surface area contributed by atoms with Gasteiger partial charge in [-0.2, -0.15) is 0 Å². The summed E-state index contributed by atoms with van der Waals surface area (Å²) in [5.74, 6) is -3.07. The van der Waals surface area contributed by atoms with Gasteiger partial charge in [-0.1, -0.05) is 0 Å². The fraction of sp³-hybridized carbons (Fsp3) is 0.556. The van der Waals surface area contributed by atoms with Crippen LogP contribution in [0.4, 0.5) is 0 Å². The zero-order chi connectivity index (χ0) is 13.3. The van der Waals surface area contributed by atoms with E-state index in [0.717, 1.165) is 13.8 Å². The number of esters is 4. The van der Waals surface area contributed by atoms with Gasteiger partial charge in [-0.25, -0.2) is 0 Å². The van der Waals surface area contributed by atoms with Crippen molar-refractivity contribution in [3.05, 3.63) is 0 Å². The van der Waals surface area contributed by atoms with Gasteiger partial charge < -0.3 is 18.9 Å². The van der Waals surface area contributed by atoms with E-state index in [0.29, 0.717) is 0 Å². The summed E-state index contributed by atoms with van der Waals surface area (Å²) in [6.07, 6.45) is -0.664. The summed E-state index contributed by atoms with van der Waals surface area (Å²) < 4.78 is 17.3. The molecule has 17 heavy (non-hydrogen) atoms. The third-order valence-electron chi connectivity index (χ3n) is 1.25. The fourth-order valence-corrected chi connectivity index (χ4v) is 0.576. The van der Waals surface area contributed by atoms with Crippen LogP contribution in [0.5, 0.6) is 0 Å². The smallest absolute Gasteiger partial charge is 0.320 e. The van der Waals surface area contributed by atoms with Gasteiger partial charge in [-0.05, 0) is 0 Å². The molecule has 0 atom stereocenters. The van der Waals surface area contributed by atoms with Gasteiger partial charge in [0.05, 0.1) is 0 Å². The van der Waals surface area contributed by atoms with E-state index in [4.69, 9.17) is 0 Å². The highest BCUT2D eigenvalue weighted by Crippen LogP contribution is 1.92. The molecule has 0 aliphatic heterocycles. The van der Waals surface area contributed by atoms with Gasteiger partial charge in [0.25, 0.3) is 0 Å². The lowest BCUT2D eigenvalue weighted by atomic mass is 10.4. The van der Waals surface area contributed by atoms with E-state index in [1.165, 1.54) is 0 Å². The van der Waals surface area contributed by atoms with Crippen LogP contribution in [0.3, 0.4) is 0 Å². The van der Waals surface area contributed by atoms with Crippen molar-refractivity contribution >= 4 is 23.9 Å². The molecule has 0 rings (SSSR count). The summed E-state index contributed by atoms with van der Waals surface area (Å²) in [7, 11) is 0. The van der Waals surface area contributed by atoms with E-state index < -0.39 is 43.9 Å². The molecule has 0 aromatic heterocycles. The molecule has 0 N–H and O–H groups in total. The monoisotopic (exact) mass is 248 g/mol. The molecule has 0 amide bonds. The van der Waals surface area contributed by atoms with E-state index >= 15 is 0 Å². The minimum atomic E-state index is -0.918. The maximum atomic E-state index is 10.9. The minimum absolute atomic E-state index is 0.564. The first kappa shape index (κ1) is 14.9. The number of ether oxygens (including phenoxy) is 4. The first-order valence-corrected chi connectivity index (χ1v) is 4.49. The molecule has 0 aliphatic rings. The van der Waals surface area contributed by atoms with Crippen LogP contribution in [-0.2, 0) is 38.1 Å². The molecule has 0 fully saturated rings. The van der Waals surface area contributed by atoms with Gasteiger partial charge in [0.2, 0.25) is 13.6 Å². The van der Waals surface area contributed by atoms with Gasteiger partial charge in [0.1, 0.15) is 6.42 Å². The number of rotatable bonds is 6. The molecule has 8 heteroatoms. The molecule has 96 valence electrons. The van der Waals surface area contributed by atoms with Crippen molar-refractivity contribution in [3.8, 4) is 0 Å². The van der Waals surface area contributed by atoms with Crippen molar-refractivity contribution in [3.63, 3.8) is 0 Å². The molecular weight excluding hydrogens is 236 g/mol. The molecule has 0 spiro atoms. The third kappa shape index (κ3) is 10.2. The molecule has 0 aliphatic carbocycles. The van der Waals surface area contributed by atoms with Crippen molar-refractivity contribution in [2.75, 3.05) is 13.6 Å². The summed E-state index contributed by atoms with van der Waals surface area (Å²) in [5.41, 5.74) is 0. The maximum Gasteiger partial charge on any atom is 0.320 e. The van der Waals surface area contributed by atoms with E-state index in [-0.39, 0.29) is 0 Å². The van der Waals surface area contributed by atoms with Gasteiger partial charge in [-0.15, -0.1) is 0 Å². The van der Waals surface area contributed by atoms with Gasteiger partial charge in [-0.3, -0.25) is 19.2 Å². The zero-order valence-electron chi connectivity index (χ0n) is 9.39. The zero-order valence-corrected chi connectivity index (χ0v) is 9.39. The SMILES string of the molecule is CC(=O)OCOC(=O)CC(=O)OCOC(C)=O. The van der Waals surface area contributed by atoms with E-state index in [2.05, 4.69) is 18.9 Å². The highest BCUT2D eigenvalue weighted by molar-refractivity contribution is 5.91. The maximum absolute atomic E-state index is 10.9. The molecule has 0 aromatic carbocycles. The van der Waals surface area contributed by atoms with Crippen LogP contribution in [-0.4, -0.2) is 37.5 Å². The Hall–Kier alpha value is -2.12. The van der Waals surface area contributed by atoms with Crippen molar-refractivity contribution < 1.29 is 38.1 Å². The number of carbonyl (C=O) groups excluding carboxylic acids is 4. The largest absolute Gasteiger partial charge is 0.428 e. The summed E-state index contributed by atoms with van der Waals surface area (Å²) in [6.45, 7) is 1.15. The highest BCUT2D eigenvalue weighted by Gasteiger charge is 2.12. The molecule has 0 saturated carbocycles. The first-order valence-electron chi connectivity index (χ1n) is 4.49. The Morgan fingerprint density at radius 3 is 1.35 bits per heavy atom. The Morgan fingerprint density at radius 1 is 0.706 bits per heavy atom. The topological polar surface area (TPSA) is 105 Å². The van der Waals surface area contributed by atoms with Gasteiger partial charge in [0.15, 0.2) is 0 Å². The summed E-state index contributed by atoms with van der Waals surface area (Å²) in [6, 6.07) is 0. The quantitative estimate of drug-likeness (QED) is 0.352. The van der Waals surface area contributed by atoms with Crippen molar-refractivity contribution in [2.24, 2.45) is 0 Å². The lowest BCUT2D eigenvalue weighted by Crippen LogP contribution is -2.17. The predicted octanol–water partition coefficient (Wildman–Crippen LogP) is -0.496. The number of hydrogen-bond acceptors (Lipinski definition) is 8. The Bertz CT molecular complexity index is 278. The Balaban J connectivity index is 3.62. The van der Waals surface area contributed by atoms with Gasteiger partial charge in [0, 0.05) is 13.8 Å². The first-order chi connectivity index (χ1) is 7.91. The molecule has 0 bridgehead atoms. The summed E-state index contributed by atoms with van der Waals surface area (Å²) in [5, 5.41) is 0. The van der Waals surface area contributed by atoms with Crippen LogP contribution in [0.1, 0.15) is 20.3 Å². The molecule has 0 saturated heterocycles. The minimum Gasteiger partial charge on any atom is -0.428 e. The molecule has 0 aromatic rings. The third-order valence-corrected chi connectivity index (χ3v) is 1.25. The molecule has 0 heterocycles. The summed E-state index contributed by atoms with van der Waals surface area (Å²) in [4.78, 5) is 42.4. The Labute approximate surface area is 96.8 Å². The fourth-order valence-electron chi connectivity index (χ4n) is 0.576. The van der Waals surface area contributed by atoms with Crippen LogP contribution in [0.15, 0.2) is 0 Å². The van der Waals surface area contributed by atoms with Crippen molar-refractivity contribution in [2.45, 2.75) is 20.3 Å². The second-order valence-electron chi connectivity index (χ2n) is 2.72. The van der Waals surface area contributed by atoms with Crippen LogP contribution in [0.25, 0.3) is 0 Å². The molecule has 0 unspecified atom stereocenters. The molecular formula is C9H12O8. The van der Waals surface area contributed by atoms with Crippen LogP contribution in [0, 0.1) is 0 Å².